The molecule has 0 atom stereocenters. The second-order valence-corrected chi connectivity index (χ2v) is 5.20. The molecule has 0 saturated heterocycles. The highest BCUT2D eigenvalue weighted by atomic mass is 80.9. The second-order valence-electron chi connectivity index (χ2n) is 4.39. The van der Waals surface area contributed by atoms with E-state index in [9.17, 15) is 0 Å². The molecule has 0 fully saturated rings. The molecule has 0 aliphatic heterocycles. The van der Waals surface area contributed by atoms with Crippen LogP contribution in [0.1, 0.15) is 22.5 Å². The lowest BCUT2D eigenvalue weighted by Crippen LogP contribution is -1.96. The molecule has 7 heteroatoms. The van der Waals surface area contributed by atoms with Crippen molar-refractivity contribution in [2.45, 2.75) is 27.7 Å². The lowest BCUT2D eigenvalue weighted by molar-refractivity contribution is 1.15. The summed E-state index contributed by atoms with van der Waals surface area (Å²) in [5, 5.41) is 0. The van der Waals surface area contributed by atoms with Crippen LogP contribution in [0.5, 0.6) is 0 Å². The van der Waals surface area contributed by atoms with Crippen LogP contribution < -0.4 is 11.5 Å². The van der Waals surface area contributed by atoms with E-state index >= 15 is 0 Å². The van der Waals surface area contributed by atoms with Crippen molar-refractivity contribution in [1.82, 2.24) is 9.97 Å². The first kappa shape index (κ1) is 20.3. The molecule has 0 bridgehead atoms. The van der Waals surface area contributed by atoms with Gasteiger partial charge in [-0.15, -0.1) is 0 Å². The van der Waals surface area contributed by atoms with E-state index in [1.807, 2.05) is 39.8 Å². The molecular formula is C14H19Br3N4. The van der Waals surface area contributed by atoms with E-state index < -0.39 is 0 Å². The van der Waals surface area contributed by atoms with Gasteiger partial charge in [-0.05, 0) is 66.9 Å². The van der Waals surface area contributed by atoms with Gasteiger partial charge in [-0.2, -0.15) is 0 Å². The van der Waals surface area contributed by atoms with E-state index in [1.165, 1.54) is 0 Å². The maximum absolute atomic E-state index is 5.67. The largest absolute Gasteiger partial charge is 0.397 e. The zero-order chi connectivity index (χ0) is 16.6. The third-order valence-corrected chi connectivity index (χ3v) is 3.24. The first-order valence-electron chi connectivity index (χ1n) is 6.04. The van der Waals surface area contributed by atoms with Crippen molar-refractivity contribution in [3.05, 3.63) is 45.4 Å². The number of halogens is 3. The van der Waals surface area contributed by atoms with E-state index in [4.69, 9.17) is 11.5 Å². The monoisotopic (exact) mass is 480 g/mol. The van der Waals surface area contributed by atoms with Crippen LogP contribution in [0.4, 0.5) is 11.4 Å². The molecule has 0 amide bonds. The molecule has 0 unspecified atom stereocenters. The first-order valence-corrected chi connectivity index (χ1v) is 10.5. The molecule has 2 rings (SSSR count). The standard InChI is InChI=1S/C7H9BrN2.C7H10N2.Br2/c1-4-3-6(8)10-5(2)7(4)9;1-5-3-4-9-6(2)7(5)8;1-2/h3H,9H2,1-2H3;3-4H,8H2,1-2H3;. The Morgan fingerprint density at radius 3 is 1.86 bits per heavy atom. The van der Waals surface area contributed by atoms with Gasteiger partial charge in [0.15, 0.2) is 0 Å². The maximum atomic E-state index is 5.67. The SMILES string of the molecule is BrBr.Cc1cc(Br)nc(C)c1N.Cc1ccnc(C)c1N. The summed E-state index contributed by atoms with van der Waals surface area (Å²) in [7, 11) is 0. The molecule has 2 aromatic heterocycles. The van der Waals surface area contributed by atoms with Gasteiger partial charge in [-0.1, -0.05) is 0 Å². The molecule has 2 aromatic rings. The molecule has 0 spiro atoms. The Labute approximate surface area is 149 Å². The topological polar surface area (TPSA) is 77.8 Å². The van der Waals surface area contributed by atoms with Crippen molar-refractivity contribution in [3.63, 3.8) is 0 Å². The Morgan fingerprint density at radius 1 is 0.905 bits per heavy atom. The third-order valence-electron chi connectivity index (χ3n) is 2.83. The Morgan fingerprint density at radius 2 is 1.43 bits per heavy atom. The molecule has 4 N–H and O–H groups in total. The molecule has 0 saturated carbocycles. The average molecular weight is 483 g/mol. The third kappa shape index (κ3) is 6.76. The quantitative estimate of drug-likeness (QED) is 0.517. The summed E-state index contributed by atoms with van der Waals surface area (Å²) in [6, 6.07) is 3.81. The van der Waals surface area contributed by atoms with E-state index in [1.54, 1.807) is 6.20 Å². The molecule has 4 nitrogen and oxygen atoms in total. The molecule has 116 valence electrons. The number of pyridine rings is 2. The number of aryl methyl sites for hydroxylation is 4. The predicted octanol–water partition coefficient (Wildman–Crippen LogP) is 5.01. The summed E-state index contributed by atoms with van der Waals surface area (Å²) in [6.07, 6.45) is 1.76. The Bertz CT molecular complexity index is 545. The Hall–Kier alpha value is -0.660. The fourth-order valence-electron chi connectivity index (χ4n) is 1.50. The number of nitrogens with zero attached hydrogens (tertiary/aromatic N) is 2. The van der Waals surface area contributed by atoms with Gasteiger partial charge in [0.1, 0.15) is 4.60 Å². The highest BCUT2D eigenvalue weighted by Gasteiger charge is 1.99. The van der Waals surface area contributed by atoms with Crippen LogP contribution >= 0.6 is 44.2 Å². The molecule has 2 heterocycles. The van der Waals surface area contributed by atoms with Gasteiger partial charge in [0.25, 0.3) is 0 Å². The number of hydrogen-bond donors (Lipinski definition) is 2. The molecule has 21 heavy (non-hydrogen) atoms. The first-order chi connectivity index (χ1) is 9.82. The molecule has 0 aliphatic carbocycles. The Kier molecular flexibility index (Phi) is 9.81. The summed E-state index contributed by atoms with van der Waals surface area (Å²) in [4.78, 5) is 8.14. The summed E-state index contributed by atoms with van der Waals surface area (Å²) < 4.78 is 0.844. The van der Waals surface area contributed by atoms with Crippen molar-refractivity contribution in [3.8, 4) is 0 Å². The number of hydrogen-bond acceptors (Lipinski definition) is 4. The van der Waals surface area contributed by atoms with Crippen molar-refractivity contribution in [2.75, 3.05) is 11.5 Å². The number of aromatic nitrogens is 2. The highest BCUT2D eigenvalue weighted by molar-refractivity contribution is 9.93. The minimum Gasteiger partial charge on any atom is -0.397 e. The Balaban J connectivity index is 0.000000342. The highest BCUT2D eigenvalue weighted by Crippen LogP contribution is 2.17. The van der Waals surface area contributed by atoms with Gasteiger partial charge in [0, 0.05) is 34.5 Å². The van der Waals surface area contributed by atoms with Crippen LogP contribution in [0.3, 0.4) is 0 Å². The normalized spacial score (nSPS) is 9.10. The molecule has 0 aliphatic rings. The minimum atomic E-state index is 0.781. The van der Waals surface area contributed by atoms with Crippen LogP contribution in [0.2, 0.25) is 0 Å². The molecule has 0 aromatic carbocycles. The van der Waals surface area contributed by atoms with Gasteiger partial charge in [-0.3, -0.25) is 4.98 Å². The fraction of sp³-hybridized carbons (Fsp3) is 0.286. The number of rotatable bonds is 0. The van der Waals surface area contributed by atoms with Gasteiger partial charge < -0.3 is 11.5 Å². The lowest BCUT2D eigenvalue weighted by atomic mass is 10.2. The van der Waals surface area contributed by atoms with Crippen LogP contribution in [-0.2, 0) is 0 Å². The lowest BCUT2D eigenvalue weighted by Gasteiger charge is -2.02. The van der Waals surface area contributed by atoms with E-state index in [2.05, 4.69) is 54.2 Å². The zero-order valence-corrected chi connectivity index (χ0v) is 17.2. The van der Waals surface area contributed by atoms with Gasteiger partial charge in [0.05, 0.1) is 22.8 Å². The zero-order valence-electron chi connectivity index (χ0n) is 12.4. The van der Waals surface area contributed by atoms with Crippen LogP contribution in [0.25, 0.3) is 0 Å². The number of nitrogens with two attached hydrogens (primary N) is 2. The summed E-state index contributed by atoms with van der Waals surface area (Å²) in [5.41, 5.74) is 16.8. The average Bonchev–Trinajstić information content (AvgIpc) is 2.45. The van der Waals surface area contributed by atoms with Crippen LogP contribution in [-0.4, -0.2) is 9.97 Å². The number of anilines is 2. The maximum Gasteiger partial charge on any atom is 0.106 e. The summed E-state index contributed by atoms with van der Waals surface area (Å²) >= 11 is 8.78. The summed E-state index contributed by atoms with van der Waals surface area (Å²) in [5.74, 6) is 0. The van der Waals surface area contributed by atoms with Crippen molar-refractivity contribution in [1.29, 1.82) is 0 Å². The van der Waals surface area contributed by atoms with E-state index in [0.29, 0.717) is 0 Å². The van der Waals surface area contributed by atoms with Crippen LogP contribution in [0.15, 0.2) is 22.9 Å². The van der Waals surface area contributed by atoms with Crippen molar-refractivity contribution in [2.24, 2.45) is 0 Å². The number of nitrogen functional groups attached to an aromatic ring is 2. The predicted molar refractivity (Wildman–Crippen MR) is 102 cm³/mol. The van der Waals surface area contributed by atoms with E-state index in [0.717, 1.165) is 38.5 Å². The van der Waals surface area contributed by atoms with Gasteiger partial charge >= 0.3 is 0 Å². The van der Waals surface area contributed by atoms with Gasteiger partial charge in [-0.25, -0.2) is 4.98 Å². The fourth-order valence-corrected chi connectivity index (χ4v) is 2.11. The molecular weight excluding hydrogens is 464 g/mol. The smallest absolute Gasteiger partial charge is 0.106 e. The van der Waals surface area contributed by atoms with E-state index in [-0.39, 0.29) is 0 Å². The second kappa shape index (κ2) is 10.1. The summed E-state index contributed by atoms with van der Waals surface area (Å²) in [6.45, 7) is 7.74. The van der Waals surface area contributed by atoms with Crippen molar-refractivity contribution >= 4 is 55.6 Å². The van der Waals surface area contributed by atoms with Crippen molar-refractivity contribution < 1.29 is 0 Å². The van der Waals surface area contributed by atoms with Crippen LogP contribution in [0, 0.1) is 27.7 Å². The molecule has 0 radical (unpaired) electrons. The van der Waals surface area contributed by atoms with Gasteiger partial charge in [0.2, 0.25) is 0 Å². The minimum absolute atomic E-state index is 0.781.